The normalized spacial score (nSPS) is 12.4. The number of aliphatic hydroxyl groups is 1. The first-order valence-corrected chi connectivity index (χ1v) is 6.58. The van der Waals surface area contributed by atoms with E-state index in [1.54, 1.807) is 7.05 Å². The van der Waals surface area contributed by atoms with Crippen LogP contribution >= 0.6 is 0 Å². The van der Waals surface area contributed by atoms with Crippen molar-refractivity contribution in [3.05, 3.63) is 15.8 Å². The molecule has 0 saturated heterocycles. The van der Waals surface area contributed by atoms with Gasteiger partial charge in [-0.15, -0.1) is 0 Å². The van der Waals surface area contributed by atoms with Crippen molar-refractivity contribution >= 4 is 11.5 Å². The van der Waals surface area contributed by atoms with Crippen LogP contribution in [0, 0.1) is 10.1 Å². The summed E-state index contributed by atoms with van der Waals surface area (Å²) in [5.74, 6) is 0.443. The van der Waals surface area contributed by atoms with Gasteiger partial charge in [-0.3, -0.25) is 10.1 Å². The number of nitrogens with one attached hydrogen (secondary N) is 1. The van der Waals surface area contributed by atoms with Crippen molar-refractivity contribution in [3.63, 3.8) is 0 Å². The van der Waals surface area contributed by atoms with Crippen LogP contribution < -0.4 is 5.32 Å². The first kappa shape index (κ1) is 15.4. The number of aromatic nitrogens is 2. The lowest BCUT2D eigenvalue weighted by atomic mass is 10.2. The van der Waals surface area contributed by atoms with E-state index in [0.717, 1.165) is 12.8 Å². The second-order valence-electron chi connectivity index (χ2n) is 4.69. The highest BCUT2D eigenvalue weighted by atomic mass is 16.6. The molecule has 19 heavy (non-hydrogen) atoms. The Labute approximate surface area is 112 Å². The van der Waals surface area contributed by atoms with Crippen molar-refractivity contribution in [2.75, 3.05) is 11.9 Å². The van der Waals surface area contributed by atoms with Gasteiger partial charge in [0.1, 0.15) is 5.69 Å². The van der Waals surface area contributed by atoms with Crippen LogP contribution in [0.5, 0.6) is 0 Å². The van der Waals surface area contributed by atoms with Gasteiger partial charge in [0.2, 0.25) is 5.82 Å². The Morgan fingerprint density at radius 2 is 2.26 bits per heavy atom. The maximum absolute atomic E-state index is 11.2. The number of aliphatic hydroxyl groups excluding tert-OH is 1. The molecule has 0 saturated carbocycles. The quantitative estimate of drug-likeness (QED) is 0.555. The molecule has 0 radical (unpaired) electrons. The number of nitro groups is 1. The number of aryl methyl sites for hydroxylation is 2. The Morgan fingerprint density at radius 3 is 2.79 bits per heavy atom. The molecule has 0 aliphatic heterocycles. The van der Waals surface area contributed by atoms with Gasteiger partial charge in [0.15, 0.2) is 0 Å². The van der Waals surface area contributed by atoms with Crippen molar-refractivity contribution in [1.82, 2.24) is 9.78 Å². The van der Waals surface area contributed by atoms with Crippen LogP contribution in [0.3, 0.4) is 0 Å². The number of rotatable bonds is 8. The van der Waals surface area contributed by atoms with E-state index in [1.165, 1.54) is 4.68 Å². The molecular weight excluding hydrogens is 248 g/mol. The van der Waals surface area contributed by atoms with Crippen molar-refractivity contribution in [3.8, 4) is 0 Å². The molecule has 0 bridgehead atoms. The number of anilines is 1. The van der Waals surface area contributed by atoms with Crippen LogP contribution in [0.25, 0.3) is 0 Å². The highest BCUT2D eigenvalue weighted by Crippen LogP contribution is 2.29. The van der Waals surface area contributed by atoms with Gasteiger partial charge in [0.25, 0.3) is 0 Å². The van der Waals surface area contributed by atoms with Gasteiger partial charge < -0.3 is 10.4 Å². The minimum absolute atomic E-state index is 0.0516. The fraction of sp³-hybridized carbons (Fsp3) is 0.750. The zero-order chi connectivity index (χ0) is 14.4. The van der Waals surface area contributed by atoms with Crippen molar-refractivity contribution in [2.24, 2.45) is 7.05 Å². The fourth-order valence-electron chi connectivity index (χ4n) is 2.03. The van der Waals surface area contributed by atoms with Gasteiger partial charge in [-0.2, -0.15) is 5.10 Å². The van der Waals surface area contributed by atoms with Crippen molar-refractivity contribution < 1.29 is 10.0 Å². The zero-order valence-corrected chi connectivity index (χ0v) is 11.7. The van der Waals surface area contributed by atoms with Gasteiger partial charge in [0, 0.05) is 19.7 Å². The Hall–Kier alpha value is -1.63. The third kappa shape index (κ3) is 3.92. The van der Waals surface area contributed by atoms with Gasteiger partial charge in [-0.05, 0) is 26.2 Å². The average Bonchev–Trinajstić information content (AvgIpc) is 2.64. The molecule has 108 valence electrons. The molecule has 1 unspecified atom stereocenters. The minimum atomic E-state index is -0.376. The van der Waals surface area contributed by atoms with E-state index in [1.807, 2.05) is 13.8 Å². The van der Waals surface area contributed by atoms with E-state index in [0.29, 0.717) is 24.4 Å². The lowest BCUT2D eigenvalue weighted by Crippen LogP contribution is -2.18. The Balaban J connectivity index is 2.95. The smallest absolute Gasteiger partial charge is 0.333 e. The second-order valence-corrected chi connectivity index (χ2v) is 4.69. The first-order chi connectivity index (χ1) is 9.01. The molecule has 0 spiro atoms. The summed E-state index contributed by atoms with van der Waals surface area (Å²) >= 11 is 0. The van der Waals surface area contributed by atoms with Crippen LogP contribution in [0.4, 0.5) is 11.5 Å². The summed E-state index contributed by atoms with van der Waals surface area (Å²) in [6.07, 6.45) is 2.83. The molecular formula is C12H22N4O3. The average molecular weight is 270 g/mol. The minimum Gasteiger partial charge on any atom is -0.396 e. The number of nitrogens with zero attached hydrogens (tertiary/aromatic N) is 3. The molecule has 0 aliphatic rings. The molecule has 1 rings (SSSR count). The Kier molecular flexibility index (Phi) is 5.75. The van der Waals surface area contributed by atoms with Crippen molar-refractivity contribution in [2.45, 2.75) is 45.6 Å². The third-order valence-corrected chi connectivity index (χ3v) is 2.94. The molecule has 0 fully saturated rings. The Bertz CT molecular complexity index is 431. The molecule has 0 aliphatic carbocycles. The predicted molar refractivity (Wildman–Crippen MR) is 73.3 cm³/mol. The highest BCUT2D eigenvalue weighted by molar-refractivity contribution is 5.60. The fourth-order valence-corrected chi connectivity index (χ4v) is 2.03. The molecule has 2 N–H and O–H groups in total. The second kappa shape index (κ2) is 7.08. The Morgan fingerprint density at radius 1 is 1.58 bits per heavy atom. The van der Waals surface area contributed by atoms with Crippen LogP contribution in [0.1, 0.15) is 38.8 Å². The SMILES string of the molecule is CCCc1nn(C)c(NC(C)CCCO)c1[N+](=O)[O-]. The van der Waals surface area contributed by atoms with Gasteiger partial charge in [0.05, 0.1) is 4.92 Å². The van der Waals surface area contributed by atoms with Crippen LogP contribution in [-0.4, -0.2) is 32.5 Å². The molecule has 1 heterocycles. The maximum Gasteiger partial charge on any atom is 0.333 e. The van der Waals surface area contributed by atoms with E-state index in [4.69, 9.17) is 5.11 Å². The number of hydrogen-bond acceptors (Lipinski definition) is 5. The van der Waals surface area contributed by atoms with E-state index in [2.05, 4.69) is 10.4 Å². The highest BCUT2D eigenvalue weighted by Gasteiger charge is 2.26. The van der Waals surface area contributed by atoms with Gasteiger partial charge in [-0.25, -0.2) is 4.68 Å². The van der Waals surface area contributed by atoms with E-state index in [-0.39, 0.29) is 23.3 Å². The predicted octanol–water partition coefficient (Wildman–Crippen LogP) is 1.85. The van der Waals surface area contributed by atoms with Gasteiger partial charge in [-0.1, -0.05) is 13.3 Å². The molecule has 7 nitrogen and oxygen atoms in total. The largest absolute Gasteiger partial charge is 0.396 e. The van der Waals surface area contributed by atoms with E-state index in [9.17, 15) is 10.1 Å². The van der Waals surface area contributed by atoms with Gasteiger partial charge >= 0.3 is 5.69 Å². The summed E-state index contributed by atoms with van der Waals surface area (Å²) in [7, 11) is 1.70. The summed E-state index contributed by atoms with van der Waals surface area (Å²) in [6, 6.07) is 0.0516. The summed E-state index contributed by atoms with van der Waals surface area (Å²) in [5.41, 5.74) is 0.590. The molecule has 1 aromatic rings. The lowest BCUT2D eigenvalue weighted by molar-refractivity contribution is -0.384. The van der Waals surface area contributed by atoms with Crippen molar-refractivity contribution in [1.29, 1.82) is 0 Å². The summed E-state index contributed by atoms with van der Waals surface area (Å²) < 4.78 is 1.53. The van der Waals surface area contributed by atoms with E-state index < -0.39 is 0 Å². The number of hydrogen-bond donors (Lipinski definition) is 2. The standard InChI is InChI=1S/C12H22N4O3/c1-4-6-10-11(16(18)19)12(15(3)14-10)13-9(2)7-5-8-17/h9,13,17H,4-8H2,1-3H3. The summed E-state index contributed by atoms with van der Waals surface area (Å²) in [6.45, 7) is 4.03. The monoisotopic (exact) mass is 270 g/mol. The molecule has 1 aromatic heterocycles. The van der Waals surface area contributed by atoms with Crippen LogP contribution in [0.15, 0.2) is 0 Å². The molecule has 1 atom stereocenters. The van der Waals surface area contributed by atoms with E-state index >= 15 is 0 Å². The molecule has 0 amide bonds. The maximum atomic E-state index is 11.2. The lowest BCUT2D eigenvalue weighted by Gasteiger charge is -2.13. The third-order valence-electron chi connectivity index (χ3n) is 2.94. The first-order valence-electron chi connectivity index (χ1n) is 6.58. The molecule has 7 heteroatoms. The zero-order valence-electron chi connectivity index (χ0n) is 11.7. The van der Waals surface area contributed by atoms with Crippen LogP contribution in [0.2, 0.25) is 0 Å². The summed E-state index contributed by atoms with van der Waals surface area (Å²) in [4.78, 5) is 10.8. The topological polar surface area (TPSA) is 93.2 Å². The van der Waals surface area contributed by atoms with Crippen LogP contribution in [-0.2, 0) is 13.5 Å². The molecule has 0 aromatic carbocycles. The summed E-state index contributed by atoms with van der Waals surface area (Å²) in [5, 5.41) is 27.3.